The zero-order valence-electron chi connectivity index (χ0n) is 16.3. The number of benzene rings is 1. The summed E-state index contributed by atoms with van der Waals surface area (Å²) < 4.78 is 0. The van der Waals surface area contributed by atoms with Crippen LogP contribution >= 0.6 is 24.8 Å². The van der Waals surface area contributed by atoms with Gasteiger partial charge in [0.15, 0.2) is 0 Å². The number of fused-ring (bicyclic) bond motifs is 1. The van der Waals surface area contributed by atoms with Gasteiger partial charge in [-0.1, -0.05) is 38.1 Å². The Morgan fingerprint density at radius 1 is 0.857 bits per heavy atom. The van der Waals surface area contributed by atoms with Gasteiger partial charge in [0.2, 0.25) is 0 Å². The third-order valence-electron chi connectivity index (χ3n) is 4.39. The van der Waals surface area contributed by atoms with Crippen LogP contribution in [0.2, 0.25) is 0 Å². The Labute approximate surface area is 200 Å². The van der Waals surface area contributed by atoms with Crippen molar-refractivity contribution in [3.63, 3.8) is 0 Å². The first-order valence-corrected chi connectivity index (χ1v) is 8.92. The van der Waals surface area contributed by atoms with Crippen LogP contribution in [0.1, 0.15) is 26.7 Å². The fraction of sp³-hybridized carbons (Fsp3) is 0.167. The van der Waals surface area contributed by atoms with E-state index in [2.05, 4.69) is 97.8 Å². The summed E-state index contributed by atoms with van der Waals surface area (Å²) in [5, 5.41) is 0. The molecule has 3 aliphatic rings. The van der Waals surface area contributed by atoms with Crippen molar-refractivity contribution in [1.82, 2.24) is 0 Å². The summed E-state index contributed by atoms with van der Waals surface area (Å²) in [6, 6.07) is 10.5. The van der Waals surface area contributed by atoms with Gasteiger partial charge < -0.3 is 4.90 Å². The monoisotopic (exact) mass is 488 g/mol. The molecule has 0 N–H and O–H groups in total. The van der Waals surface area contributed by atoms with Gasteiger partial charge in [-0.3, -0.25) is 0 Å². The van der Waals surface area contributed by atoms with Crippen molar-refractivity contribution in [2.24, 2.45) is 0 Å². The molecule has 0 spiro atoms. The van der Waals surface area contributed by atoms with Crippen LogP contribution in [-0.2, 0) is 26.2 Å². The second-order valence-corrected chi connectivity index (χ2v) is 6.00. The number of allylic oxidation sites excluding steroid dienone is 13. The van der Waals surface area contributed by atoms with Crippen LogP contribution in [0.5, 0.6) is 0 Å². The molecule has 146 valence electrons. The molecule has 0 unspecified atom stereocenters. The Bertz CT molecular complexity index is 801. The van der Waals surface area contributed by atoms with Crippen LogP contribution in [0.4, 0.5) is 5.69 Å². The fourth-order valence-corrected chi connectivity index (χ4v) is 2.90. The average molecular weight is 491 g/mol. The summed E-state index contributed by atoms with van der Waals surface area (Å²) in [6.45, 7) is 4.38. The summed E-state index contributed by atoms with van der Waals surface area (Å²) in [5.74, 6) is 0. The Balaban J connectivity index is 0.000000563. The first-order chi connectivity index (χ1) is 12.3. The maximum absolute atomic E-state index is 3.10. The molecule has 0 amide bonds. The van der Waals surface area contributed by atoms with Crippen molar-refractivity contribution < 1.29 is 26.2 Å². The van der Waals surface area contributed by atoms with E-state index < -0.39 is 0 Å². The molecular formula is C24H26Cl2NZr-. The van der Waals surface area contributed by atoms with Crippen LogP contribution in [0.15, 0.2) is 108 Å². The van der Waals surface area contributed by atoms with E-state index in [4.69, 9.17) is 0 Å². The fourth-order valence-electron chi connectivity index (χ4n) is 2.90. The number of para-hydroxylation sites is 1. The smallest absolute Gasteiger partial charge is 0.0452 e. The summed E-state index contributed by atoms with van der Waals surface area (Å²) in [4.78, 5) is 2.26. The Morgan fingerprint density at radius 3 is 2.25 bits per heavy atom. The van der Waals surface area contributed by atoms with E-state index in [0.29, 0.717) is 0 Å². The number of hydrogen-bond acceptors (Lipinski definition) is 1. The van der Waals surface area contributed by atoms with Crippen molar-refractivity contribution in [1.29, 1.82) is 0 Å². The molecule has 1 heterocycles. The predicted molar refractivity (Wildman–Crippen MR) is 122 cm³/mol. The van der Waals surface area contributed by atoms with Gasteiger partial charge >= 0.3 is 0 Å². The average Bonchev–Trinajstić information content (AvgIpc) is 3.22. The minimum absolute atomic E-state index is 0. The summed E-state index contributed by atoms with van der Waals surface area (Å²) >= 11 is 0. The molecule has 0 bridgehead atoms. The minimum atomic E-state index is 0. The molecule has 0 atom stereocenters. The van der Waals surface area contributed by atoms with Crippen molar-refractivity contribution in [2.45, 2.75) is 26.7 Å². The van der Waals surface area contributed by atoms with Crippen LogP contribution < -0.4 is 4.90 Å². The summed E-state index contributed by atoms with van der Waals surface area (Å²) in [7, 11) is 0. The largest absolute Gasteiger partial charge is 0.321 e. The standard InChI is InChI=1S/C16H19N.C8H5.2ClH.Zr/c1-3-14-10-11-15(4-2)17(13-12-14)16-8-6-5-7-9-16;1-3-7-5-2-6-8(7)4-1;;;/h5-13H,3-4H2,1-2H3;1-5H;2*1H;/q;-1;;;. The number of halogens is 2. The zero-order valence-corrected chi connectivity index (χ0v) is 20.4. The van der Waals surface area contributed by atoms with E-state index in [9.17, 15) is 0 Å². The third kappa shape index (κ3) is 6.92. The van der Waals surface area contributed by atoms with Gasteiger partial charge in [0.05, 0.1) is 0 Å². The summed E-state index contributed by atoms with van der Waals surface area (Å²) in [5.41, 5.74) is 6.45. The van der Waals surface area contributed by atoms with Crippen molar-refractivity contribution in [3.8, 4) is 0 Å². The second kappa shape index (κ2) is 13.8. The molecule has 1 aliphatic heterocycles. The molecular weight excluding hydrogens is 464 g/mol. The first-order valence-electron chi connectivity index (χ1n) is 8.92. The van der Waals surface area contributed by atoms with Crippen LogP contribution in [0.3, 0.4) is 0 Å². The van der Waals surface area contributed by atoms with Gasteiger partial charge in [0, 0.05) is 43.8 Å². The van der Waals surface area contributed by atoms with E-state index in [0.717, 1.165) is 12.8 Å². The Morgan fingerprint density at radius 2 is 1.61 bits per heavy atom. The second-order valence-electron chi connectivity index (χ2n) is 6.00. The molecule has 1 nitrogen and oxygen atoms in total. The van der Waals surface area contributed by atoms with Crippen LogP contribution in [0, 0.1) is 6.08 Å². The van der Waals surface area contributed by atoms with Gasteiger partial charge in [-0.05, 0) is 42.7 Å². The van der Waals surface area contributed by atoms with Gasteiger partial charge in [-0.15, -0.1) is 54.7 Å². The van der Waals surface area contributed by atoms with E-state index in [1.165, 1.54) is 28.1 Å². The number of anilines is 1. The molecule has 1 aromatic rings. The minimum Gasteiger partial charge on any atom is -0.321 e. The number of nitrogens with zero attached hydrogens (tertiary/aromatic N) is 1. The first kappa shape index (κ1) is 26.7. The quantitative estimate of drug-likeness (QED) is 0.403. The molecule has 4 rings (SSSR count). The van der Waals surface area contributed by atoms with E-state index >= 15 is 0 Å². The summed E-state index contributed by atoms with van der Waals surface area (Å²) in [6.07, 6.45) is 24.2. The van der Waals surface area contributed by atoms with Crippen LogP contribution in [-0.4, -0.2) is 0 Å². The Kier molecular flexibility index (Phi) is 13.1. The predicted octanol–water partition coefficient (Wildman–Crippen LogP) is 7.27. The SMILES string of the molecule is CCC1=CC=C(CC)N(c2ccccc2)C=C1.Cl.Cl.[C-]1=CC=C2C=CC=C12.[Zr]. The molecule has 0 radical (unpaired) electrons. The van der Waals surface area contributed by atoms with Crippen molar-refractivity contribution >= 4 is 30.5 Å². The molecule has 0 saturated carbocycles. The maximum Gasteiger partial charge on any atom is 0.0452 e. The normalized spacial score (nSPS) is 15.3. The third-order valence-corrected chi connectivity index (χ3v) is 4.39. The zero-order chi connectivity index (χ0) is 17.5. The molecule has 0 fully saturated rings. The van der Waals surface area contributed by atoms with Gasteiger partial charge in [0.1, 0.15) is 0 Å². The molecule has 1 aromatic carbocycles. The molecule has 28 heavy (non-hydrogen) atoms. The topological polar surface area (TPSA) is 3.24 Å². The molecule has 0 saturated heterocycles. The Hall–Kier alpha value is -1.34. The van der Waals surface area contributed by atoms with E-state index in [1.807, 2.05) is 12.2 Å². The van der Waals surface area contributed by atoms with Gasteiger partial charge in [0.25, 0.3) is 0 Å². The van der Waals surface area contributed by atoms with Crippen molar-refractivity contribution in [3.05, 3.63) is 114 Å². The van der Waals surface area contributed by atoms with Gasteiger partial charge in [-0.2, -0.15) is 17.7 Å². The number of rotatable bonds is 3. The van der Waals surface area contributed by atoms with E-state index in [-0.39, 0.29) is 51.0 Å². The van der Waals surface area contributed by atoms with Gasteiger partial charge in [-0.25, -0.2) is 0 Å². The maximum atomic E-state index is 3.10. The molecule has 2 aliphatic carbocycles. The molecule has 0 aromatic heterocycles. The molecule has 4 heteroatoms. The van der Waals surface area contributed by atoms with E-state index in [1.54, 1.807) is 0 Å². The number of hydrogen-bond donors (Lipinski definition) is 0. The van der Waals surface area contributed by atoms with Crippen LogP contribution in [0.25, 0.3) is 0 Å². The van der Waals surface area contributed by atoms with Crippen molar-refractivity contribution in [2.75, 3.05) is 4.90 Å².